The Morgan fingerprint density at radius 1 is 1.06 bits per heavy atom. The van der Waals surface area contributed by atoms with Gasteiger partial charge in [-0.1, -0.05) is 49.6 Å². The van der Waals surface area contributed by atoms with E-state index in [-0.39, 0.29) is 0 Å². The third-order valence-corrected chi connectivity index (χ3v) is 5.08. The van der Waals surface area contributed by atoms with Gasteiger partial charge in [0.15, 0.2) is 0 Å². The molecule has 3 aliphatic rings. The summed E-state index contributed by atoms with van der Waals surface area (Å²) in [6.45, 7) is 0. The number of rotatable bonds is 1. The summed E-state index contributed by atoms with van der Waals surface area (Å²) in [5.41, 5.74) is 1.81. The van der Waals surface area contributed by atoms with Crippen molar-refractivity contribution >= 4 is 0 Å². The maximum absolute atomic E-state index is 6.17. The summed E-state index contributed by atoms with van der Waals surface area (Å²) in [6, 6.07) is 11.4. The van der Waals surface area contributed by atoms with E-state index in [0.29, 0.717) is 17.7 Å². The lowest BCUT2D eigenvalue weighted by Crippen LogP contribution is -2.47. The minimum Gasteiger partial charge on any atom is -0.294 e. The fourth-order valence-corrected chi connectivity index (χ4v) is 4.28. The molecule has 0 radical (unpaired) electrons. The monoisotopic (exact) mass is 243 g/mol. The van der Waals surface area contributed by atoms with Gasteiger partial charge in [-0.15, -0.1) is 0 Å². The van der Waals surface area contributed by atoms with Gasteiger partial charge in [-0.2, -0.15) is 5.06 Å². The molecule has 2 bridgehead atoms. The van der Waals surface area contributed by atoms with Crippen LogP contribution in [0.4, 0.5) is 0 Å². The zero-order valence-corrected chi connectivity index (χ0v) is 10.8. The van der Waals surface area contributed by atoms with E-state index in [1.807, 2.05) is 0 Å². The van der Waals surface area contributed by atoms with Crippen LogP contribution in [0.25, 0.3) is 0 Å². The zero-order chi connectivity index (χ0) is 12.0. The van der Waals surface area contributed by atoms with Crippen LogP contribution in [0.1, 0.15) is 56.6 Å². The van der Waals surface area contributed by atoms with Crippen LogP contribution < -0.4 is 0 Å². The standard InChI is InChI=1S/C16H21NO/c1-3-7-13(8-4-1)15-11-14-12-16(17(15)18-14)9-5-2-6-10-16/h1,3-4,7-8,14-15H,2,5-6,9-12H2/t14-,15-/m0/s1. The summed E-state index contributed by atoms with van der Waals surface area (Å²) in [4.78, 5) is 6.17. The number of hydroxylamine groups is 2. The molecule has 1 aliphatic carbocycles. The van der Waals surface area contributed by atoms with Gasteiger partial charge in [-0.25, -0.2) is 0 Å². The fraction of sp³-hybridized carbons (Fsp3) is 0.625. The Bertz CT molecular complexity index is 424. The fourth-order valence-electron chi connectivity index (χ4n) is 4.28. The first-order chi connectivity index (χ1) is 8.87. The van der Waals surface area contributed by atoms with Crippen LogP contribution in [0, 0.1) is 0 Å². The van der Waals surface area contributed by atoms with Gasteiger partial charge in [0.05, 0.1) is 12.1 Å². The summed E-state index contributed by atoms with van der Waals surface area (Å²) < 4.78 is 0. The van der Waals surface area contributed by atoms with Gasteiger partial charge in [-0.3, -0.25) is 4.84 Å². The van der Waals surface area contributed by atoms with Crippen molar-refractivity contribution in [2.45, 2.75) is 62.6 Å². The Kier molecular flexibility index (Phi) is 2.49. The van der Waals surface area contributed by atoms with Crippen LogP contribution in [0.5, 0.6) is 0 Å². The van der Waals surface area contributed by atoms with Gasteiger partial charge in [0, 0.05) is 5.54 Å². The van der Waals surface area contributed by atoms with E-state index in [4.69, 9.17) is 4.84 Å². The third-order valence-electron chi connectivity index (χ3n) is 5.08. The molecule has 1 spiro atoms. The number of piperidine rings is 1. The van der Waals surface area contributed by atoms with E-state index in [1.54, 1.807) is 0 Å². The number of hydrogen-bond donors (Lipinski definition) is 0. The molecule has 2 heteroatoms. The third kappa shape index (κ3) is 1.55. The van der Waals surface area contributed by atoms with E-state index >= 15 is 0 Å². The molecule has 1 unspecified atom stereocenters. The Morgan fingerprint density at radius 2 is 1.83 bits per heavy atom. The first-order valence-electron chi connectivity index (χ1n) is 7.38. The second-order valence-corrected chi connectivity index (χ2v) is 6.20. The highest BCUT2D eigenvalue weighted by molar-refractivity contribution is 5.22. The summed E-state index contributed by atoms with van der Waals surface area (Å²) in [5, 5.41) is 2.40. The minimum absolute atomic E-state index is 0.377. The smallest absolute Gasteiger partial charge is 0.0831 e. The maximum Gasteiger partial charge on any atom is 0.0831 e. The first-order valence-corrected chi connectivity index (χ1v) is 7.38. The van der Waals surface area contributed by atoms with Gasteiger partial charge >= 0.3 is 0 Å². The number of nitrogens with zero attached hydrogens (tertiary/aromatic N) is 1. The molecule has 0 aromatic heterocycles. The SMILES string of the molecule is c1ccc([C@@H]2C[C@H]3CC4(CCCCC4)N2O3)cc1. The Labute approximate surface area is 109 Å². The highest BCUT2D eigenvalue weighted by Crippen LogP contribution is 2.54. The van der Waals surface area contributed by atoms with Crippen LogP contribution in [-0.4, -0.2) is 16.7 Å². The van der Waals surface area contributed by atoms with E-state index in [1.165, 1.54) is 50.5 Å². The molecular formula is C16H21NO. The summed E-state index contributed by atoms with van der Waals surface area (Å²) in [6.07, 6.45) is 9.80. The predicted molar refractivity (Wildman–Crippen MR) is 70.9 cm³/mol. The molecular weight excluding hydrogens is 222 g/mol. The van der Waals surface area contributed by atoms with Crippen molar-refractivity contribution < 1.29 is 4.84 Å². The molecule has 2 nitrogen and oxygen atoms in total. The molecule has 3 fully saturated rings. The van der Waals surface area contributed by atoms with Crippen LogP contribution in [-0.2, 0) is 4.84 Å². The molecule has 96 valence electrons. The van der Waals surface area contributed by atoms with Crippen molar-refractivity contribution in [2.75, 3.05) is 0 Å². The molecule has 0 N–H and O–H groups in total. The molecule has 0 amide bonds. The zero-order valence-electron chi connectivity index (χ0n) is 10.8. The lowest BCUT2D eigenvalue weighted by atomic mass is 9.74. The topological polar surface area (TPSA) is 12.5 Å². The number of benzene rings is 1. The summed E-state index contributed by atoms with van der Waals surface area (Å²) in [5.74, 6) is 0. The number of fused-ring (bicyclic) bond motifs is 3. The summed E-state index contributed by atoms with van der Waals surface area (Å²) in [7, 11) is 0. The largest absolute Gasteiger partial charge is 0.294 e. The Balaban J connectivity index is 1.64. The minimum atomic E-state index is 0.377. The predicted octanol–water partition coefficient (Wildman–Crippen LogP) is 3.84. The Hall–Kier alpha value is -0.860. The van der Waals surface area contributed by atoms with Crippen molar-refractivity contribution in [1.29, 1.82) is 0 Å². The van der Waals surface area contributed by atoms with Gasteiger partial charge in [0.1, 0.15) is 0 Å². The molecule has 4 rings (SSSR count). The van der Waals surface area contributed by atoms with Crippen molar-refractivity contribution in [1.82, 2.24) is 5.06 Å². The van der Waals surface area contributed by atoms with E-state index in [0.717, 1.165) is 0 Å². The van der Waals surface area contributed by atoms with Crippen LogP contribution in [0.15, 0.2) is 30.3 Å². The highest BCUT2D eigenvalue weighted by atomic mass is 16.7. The first kappa shape index (κ1) is 11.0. The van der Waals surface area contributed by atoms with Crippen LogP contribution in [0.2, 0.25) is 0 Å². The van der Waals surface area contributed by atoms with Gasteiger partial charge in [0.2, 0.25) is 0 Å². The van der Waals surface area contributed by atoms with E-state index in [9.17, 15) is 0 Å². The number of hydrogen-bond acceptors (Lipinski definition) is 2. The molecule has 2 saturated heterocycles. The lowest BCUT2D eigenvalue weighted by molar-refractivity contribution is -0.175. The van der Waals surface area contributed by atoms with Gasteiger partial charge in [-0.05, 0) is 31.2 Å². The second-order valence-electron chi connectivity index (χ2n) is 6.20. The van der Waals surface area contributed by atoms with Crippen molar-refractivity contribution in [3.8, 4) is 0 Å². The lowest BCUT2D eigenvalue weighted by Gasteiger charge is -2.43. The van der Waals surface area contributed by atoms with Gasteiger partial charge in [0.25, 0.3) is 0 Å². The normalized spacial score (nSPS) is 37.2. The quantitative estimate of drug-likeness (QED) is 0.743. The molecule has 2 aliphatic heterocycles. The van der Waals surface area contributed by atoms with E-state index < -0.39 is 0 Å². The van der Waals surface area contributed by atoms with Crippen molar-refractivity contribution in [3.63, 3.8) is 0 Å². The van der Waals surface area contributed by atoms with Crippen molar-refractivity contribution in [3.05, 3.63) is 35.9 Å². The molecule has 1 aromatic rings. The molecule has 2 heterocycles. The van der Waals surface area contributed by atoms with Gasteiger partial charge < -0.3 is 0 Å². The van der Waals surface area contributed by atoms with Crippen LogP contribution in [0.3, 0.4) is 0 Å². The average molecular weight is 243 g/mol. The molecule has 1 saturated carbocycles. The maximum atomic E-state index is 6.17. The van der Waals surface area contributed by atoms with E-state index in [2.05, 4.69) is 35.4 Å². The Morgan fingerprint density at radius 3 is 2.56 bits per heavy atom. The second kappa shape index (κ2) is 4.07. The molecule has 1 aromatic carbocycles. The molecule has 3 atom stereocenters. The summed E-state index contributed by atoms with van der Waals surface area (Å²) >= 11 is 0. The van der Waals surface area contributed by atoms with Crippen LogP contribution >= 0.6 is 0 Å². The molecule has 18 heavy (non-hydrogen) atoms. The van der Waals surface area contributed by atoms with Crippen molar-refractivity contribution in [2.24, 2.45) is 0 Å². The average Bonchev–Trinajstić information content (AvgIpc) is 2.98. The highest BCUT2D eigenvalue weighted by Gasteiger charge is 2.55.